The van der Waals surface area contributed by atoms with Crippen molar-refractivity contribution in [1.82, 2.24) is 0 Å². The monoisotopic (exact) mass is 404 g/mol. The molecule has 4 heteroatoms. The third-order valence-corrected chi connectivity index (χ3v) is 3.90. The van der Waals surface area contributed by atoms with Crippen molar-refractivity contribution in [1.29, 1.82) is 0 Å². The third kappa shape index (κ3) is 14.0. The highest BCUT2D eigenvalue weighted by molar-refractivity contribution is 6.18. The average Bonchev–Trinajstić information content (AvgIpc) is 2.60. The van der Waals surface area contributed by atoms with Gasteiger partial charge in [0, 0.05) is 48.4 Å². The average molecular weight is 406 g/mol. The van der Waals surface area contributed by atoms with Gasteiger partial charge in [0.1, 0.15) is 0 Å². The van der Waals surface area contributed by atoms with Crippen molar-refractivity contribution in [3.05, 3.63) is 11.1 Å². The molecule has 0 bridgehead atoms. The lowest BCUT2D eigenvalue weighted by Crippen LogP contribution is -1.89. The zero-order chi connectivity index (χ0) is 17.9. The van der Waals surface area contributed by atoms with E-state index < -0.39 is 0 Å². The maximum atomic E-state index is 5.84. The summed E-state index contributed by atoms with van der Waals surface area (Å²) in [7, 11) is 0. The van der Waals surface area contributed by atoms with Crippen LogP contribution in [0.5, 0.6) is 0 Å². The smallest absolute Gasteiger partial charge is 0.0859 e. The van der Waals surface area contributed by atoms with Gasteiger partial charge in [-0.25, -0.2) is 0 Å². The summed E-state index contributed by atoms with van der Waals surface area (Å²) in [4.78, 5) is 0. The van der Waals surface area contributed by atoms with Gasteiger partial charge in [0.15, 0.2) is 0 Å². The predicted octanol–water partition coefficient (Wildman–Crippen LogP) is 6.37. The van der Waals surface area contributed by atoms with Gasteiger partial charge in [-0.05, 0) is 32.1 Å². The number of allylic oxidation sites excluding steroid dienone is 2. The van der Waals surface area contributed by atoms with E-state index in [0.717, 1.165) is 62.5 Å². The molecule has 0 saturated heterocycles. The number of halogens is 4. The lowest BCUT2D eigenvalue weighted by molar-refractivity contribution is 0.934. The molecule has 0 radical (unpaired) electrons. The topological polar surface area (TPSA) is 0 Å². The van der Waals surface area contributed by atoms with Crippen molar-refractivity contribution < 1.29 is 0 Å². The van der Waals surface area contributed by atoms with E-state index in [2.05, 4.69) is 35.5 Å². The molecule has 0 rings (SSSR count). The standard InChI is InChI=1S/C20H24Cl4/c21-15-7-1-4-11-19(12-5-2-8-16-22)20(14-10-18-24)13-6-3-9-17-23/h1-3,7-10,14-18H2. The van der Waals surface area contributed by atoms with Crippen LogP contribution < -0.4 is 0 Å². The van der Waals surface area contributed by atoms with Gasteiger partial charge in [-0.1, -0.05) is 35.5 Å². The first kappa shape index (κ1) is 23.6. The molecule has 0 aromatic rings. The first-order chi connectivity index (χ1) is 11.8. The third-order valence-electron chi connectivity index (χ3n) is 2.83. The molecular weight excluding hydrogens is 382 g/mol. The normalized spacial score (nSPS) is 9.00. The molecule has 0 spiro atoms. The molecule has 0 nitrogen and oxygen atoms in total. The number of rotatable bonds is 9. The van der Waals surface area contributed by atoms with Gasteiger partial charge in [0.05, 0.1) is 5.57 Å². The Kier molecular flexibility index (Phi) is 18.6. The molecule has 0 aliphatic heterocycles. The first-order valence-corrected chi connectivity index (χ1v) is 10.4. The van der Waals surface area contributed by atoms with Crippen molar-refractivity contribution in [2.45, 2.75) is 51.4 Å². The van der Waals surface area contributed by atoms with Gasteiger partial charge >= 0.3 is 0 Å². The number of hydrogen-bond acceptors (Lipinski definition) is 0. The van der Waals surface area contributed by atoms with E-state index >= 15 is 0 Å². The van der Waals surface area contributed by atoms with Crippen molar-refractivity contribution in [3.63, 3.8) is 0 Å². The second kappa shape index (κ2) is 18.9. The first-order valence-electron chi connectivity index (χ1n) is 8.23. The zero-order valence-electron chi connectivity index (χ0n) is 14.0. The van der Waals surface area contributed by atoms with E-state index in [4.69, 9.17) is 46.4 Å². The zero-order valence-corrected chi connectivity index (χ0v) is 17.0. The Morgan fingerprint density at radius 3 is 1.38 bits per heavy atom. The Hall–Kier alpha value is -0.420. The lowest BCUT2D eigenvalue weighted by atomic mass is 10.0. The fourth-order valence-electron chi connectivity index (χ4n) is 1.61. The number of unbranched alkanes of at least 4 members (excludes halogenated alkanes) is 3. The van der Waals surface area contributed by atoms with Crippen LogP contribution in [0.15, 0.2) is 11.1 Å². The molecule has 0 N–H and O–H groups in total. The van der Waals surface area contributed by atoms with Crippen LogP contribution in [0.4, 0.5) is 0 Å². The molecule has 0 aliphatic carbocycles. The van der Waals surface area contributed by atoms with Crippen LogP contribution >= 0.6 is 46.4 Å². The molecule has 0 aromatic carbocycles. The van der Waals surface area contributed by atoms with Crippen molar-refractivity contribution in [3.8, 4) is 35.5 Å². The molecule has 132 valence electrons. The van der Waals surface area contributed by atoms with E-state index in [0.29, 0.717) is 23.5 Å². The van der Waals surface area contributed by atoms with Crippen LogP contribution in [-0.4, -0.2) is 23.5 Å². The molecule has 0 unspecified atom stereocenters. The minimum Gasteiger partial charge on any atom is -0.127 e. The molecule has 0 amide bonds. The Morgan fingerprint density at radius 1 is 0.542 bits per heavy atom. The largest absolute Gasteiger partial charge is 0.127 e. The van der Waals surface area contributed by atoms with Gasteiger partial charge in [-0.3, -0.25) is 0 Å². The summed E-state index contributed by atoms with van der Waals surface area (Å²) in [5.74, 6) is 21.5. The molecule has 24 heavy (non-hydrogen) atoms. The Bertz CT molecular complexity index is 501. The van der Waals surface area contributed by atoms with Crippen LogP contribution in [-0.2, 0) is 0 Å². The highest BCUT2D eigenvalue weighted by Gasteiger charge is 2.00. The van der Waals surface area contributed by atoms with E-state index in [-0.39, 0.29) is 0 Å². The number of alkyl halides is 4. The summed E-state index contributed by atoms with van der Waals surface area (Å²) in [6.45, 7) is 0. The summed E-state index contributed by atoms with van der Waals surface area (Å²) < 4.78 is 0. The van der Waals surface area contributed by atoms with Crippen LogP contribution in [0.2, 0.25) is 0 Å². The van der Waals surface area contributed by atoms with Gasteiger partial charge in [0.25, 0.3) is 0 Å². The molecule has 0 heterocycles. The molecule has 0 saturated carbocycles. The van der Waals surface area contributed by atoms with Gasteiger partial charge in [-0.15, -0.1) is 46.4 Å². The fourth-order valence-corrected chi connectivity index (χ4v) is 2.15. The molecule has 0 aromatic heterocycles. The molecule has 0 fully saturated rings. The second-order valence-corrected chi connectivity index (χ2v) is 6.44. The SMILES string of the molecule is ClCCCC#CC(C#CCCCCl)=C(C#CCCCCl)CCCCl. The van der Waals surface area contributed by atoms with Crippen LogP contribution in [0.3, 0.4) is 0 Å². The highest BCUT2D eigenvalue weighted by atomic mass is 35.5. The Morgan fingerprint density at radius 2 is 0.958 bits per heavy atom. The Balaban J connectivity index is 5.37. The second-order valence-electron chi connectivity index (χ2n) is 4.93. The summed E-state index contributed by atoms with van der Waals surface area (Å²) in [6.07, 6.45) is 6.59. The molecule has 0 aliphatic rings. The summed E-state index contributed by atoms with van der Waals surface area (Å²) >= 11 is 22.9. The van der Waals surface area contributed by atoms with E-state index in [1.165, 1.54) is 0 Å². The minimum atomic E-state index is 0.597. The summed E-state index contributed by atoms with van der Waals surface area (Å²) in [5.41, 5.74) is 1.78. The molecular formula is C20H24Cl4. The number of hydrogen-bond donors (Lipinski definition) is 0. The maximum absolute atomic E-state index is 5.84. The quantitative estimate of drug-likeness (QED) is 0.237. The predicted molar refractivity (Wildman–Crippen MR) is 110 cm³/mol. The summed E-state index contributed by atoms with van der Waals surface area (Å²) in [6, 6.07) is 0. The van der Waals surface area contributed by atoms with Crippen molar-refractivity contribution in [2.75, 3.05) is 23.5 Å². The molecule has 0 atom stereocenters. The van der Waals surface area contributed by atoms with E-state index in [1.54, 1.807) is 0 Å². The van der Waals surface area contributed by atoms with Crippen LogP contribution in [0, 0.1) is 35.5 Å². The minimum absolute atomic E-state index is 0.597. The maximum Gasteiger partial charge on any atom is 0.0859 e. The lowest BCUT2D eigenvalue weighted by Gasteiger charge is -2.00. The Labute approximate surface area is 167 Å². The van der Waals surface area contributed by atoms with Crippen LogP contribution in [0.25, 0.3) is 0 Å². The van der Waals surface area contributed by atoms with E-state index in [9.17, 15) is 0 Å². The van der Waals surface area contributed by atoms with Crippen molar-refractivity contribution in [2.24, 2.45) is 0 Å². The summed E-state index contributed by atoms with van der Waals surface area (Å²) in [5, 5.41) is 0. The van der Waals surface area contributed by atoms with E-state index in [1.807, 2.05) is 0 Å². The van der Waals surface area contributed by atoms with Crippen LogP contribution in [0.1, 0.15) is 51.4 Å². The fraction of sp³-hybridized carbons (Fsp3) is 0.600. The van der Waals surface area contributed by atoms with Gasteiger partial charge in [-0.2, -0.15) is 0 Å². The highest BCUT2D eigenvalue weighted by Crippen LogP contribution is 2.11. The van der Waals surface area contributed by atoms with Gasteiger partial charge in [0.2, 0.25) is 0 Å². The van der Waals surface area contributed by atoms with Crippen molar-refractivity contribution >= 4 is 46.4 Å². The van der Waals surface area contributed by atoms with Gasteiger partial charge < -0.3 is 0 Å².